The van der Waals surface area contributed by atoms with Gasteiger partial charge in [0.15, 0.2) is 5.82 Å². The van der Waals surface area contributed by atoms with Crippen molar-refractivity contribution in [3.05, 3.63) is 30.6 Å². The van der Waals surface area contributed by atoms with Crippen molar-refractivity contribution >= 4 is 5.69 Å². The second kappa shape index (κ2) is 6.09. The average Bonchev–Trinajstić information content (AvgIpc) is 2.91. The van der Waals surface area contributed by atoms with Crippen LogP contribution < -0.4 is 15.4 Å². The van der Waals surface area contributed by atoms with E-state index in [9.17, 15) is 0 Å². The molecular formula is C14H20N6O. The third kappa shape index (κ3) is 3.30. The maximum absolute atomic E-state index is 6.03. The first-order chi connectivity index (χ1) is 10.2. The fourth-order valence-corrected chi connectivity index (χ4v) is 2.50. The summed E-state index contributed by atoms with van der Waals surface area (Å²) < 4.78 is 7.44. The quantitative estimate of drug-likeness (QED) is 0.892. The van der Waals surface area contributed by atoms with Crippen LogP contribution in [0.2, 0.25) is 0 Å². The molecule has 3 rings (SSSR count). The molecule has 1 unspecified atom stereocenters. The molecule has 1 atom stereocenters. The second-order valence-corrected chi connectivity index (χ2v) is 5.32. The van der Waals surface area contributed by atoms with Crippen LogP contribution in [0.3, 0.4) is 0 Å². The average molecular weight is 288 g/mol. The van der Waals surface area contributed by atoms with E-state index in [0.29, 0.717) is 6.61 Å². The minimum Gasteiger partial charge on any atom is -0.484 e. The van der Waals surface area contributed by atoms with E-state index in [2.05, 4.69) is 20.0 Å². The van der Waals surface area contributed by atoms with Crippen LogP contribution in [0.25, 0.3) is 0 Å². The maximum Gasteiger partial charge on any atom is 0.164 e. The van der Waals surface area contributed by atoms with Gasteiger partial charge in [0.1, 0.15) is 18.7 Å². The van der Waals surface area contributed by atoms with Crippen LogP contribution >= 0.6 is 0 Å². The maximum atomic E-state index is 6.03. The van der Waals surface area contributed by atoms with Crippen LogP contribution in [-0.2, 0) is 13.7 Å². The molecule has 3 heterocycles. The molecule has 2 N–H and O–H groups in total. The number of piperidine rings is 1. The molecule has 0 spiro atoms. The summed E-state index contributed by atoms with van der Waals surface area (Å²) in [5.41, 5.74) is 7.08. The lowest BCUT2D eigenvalue weighted by molar-refractivity contribution is 0.288. The van der Waals surface area contributed by atoms with Crippen LogP contribution in [0.15, 0.2) is 24.8 Å². The normalized spacial score (nSPS) is 18.8. The van der Waals surface area contributed by atoms with Crippen molar-refractivity contribution in [2.24, 2.45) is 12.8 Å². The Balaban J connectivity index is 1.67. The molecule has 0 aliphatic carbocycles. The number of ether oxygens (including phenoxy) is 1. The van der Waals surface area contributed by atoms with E-state index in [1.807, 2.05) is 19.3 Å². The predicted molar refractivity (Wildman–Crippen MR) is 79.0 cm³/mol. The highest BCUT2D eigenvalue weighted by Gasteiger charge is 2.17. The zero-order chi connectivity index (χ0) is 14.7. The fraction of sp³-hybridized carbons (Fsp3) is 0.500. The number of aryl methyl sites for hydroxylation is 1. The first-order valence-electron chi connectivity index (χ1n) is 7.13. The molecular weight excluding hydrogens is 268 g/mol. The Kier molecular flexibility index (Phi) is 4.01. The van der Waals surface area contributed by atoms with E-state index in [4.69, 9.17) is 10.5 Å². The Morgan fingerprint density at radius 3 is 3.10 bits per heavy atom. The van der Waals surface area contributed by atoms with Crippen LogP contribution in [-0.4, -0.2) is 38.9 Å². The van der Waals surface area contributed by atoms with Crippen LogP contribution in [0.5, 0.6) is 5.75 Å². The number of hydrogen-bond acceptors (Lipinski definition) is 6. The molecule has 1 saturated heterocycles. The minimum atomic E-state index is 0.238. The Bertz CT molecular complexity index is 599. The van der Waals surface area contributed by atoms with Crippen molar-refractivity contribution in [3.8, 4) is 5.75 Å². The number of anilines is 1. The zero-order valence-electron chi connectivity index (χ0n) is 12.1. The standard InChI is InChI=1S/C14H20N6O/c1-19-14(17-10-18-19)9-21-13-5-12(6-16-7-13)20-4-2-3-11(15)8-20/h5-7,10-11H,2-4,8-9,15H2,1H3. The SMILES string of the molecule is Cn1ncnc1COc1cncc(N2CCCC(N)C2)c1. The van der Waals surface area contributed by atoms with Gasteiger partial charge in [0.05, 0.1) is 18.1 Å². The molecule has 112 valence electrons. The van der Waals surface area contributed by atoms with Gasteiger partial charge in [-0.1, -0.05) is 0 Å². The van der Waals surface area contributed by atoms with E-state index in [-0.39, 0.29) is 6.04 Å². The number of aromatic nitrogens is 4. The van der Waals surface area contributed by atoms with Gasteiger partial charge in [-0.3, -0.25) is 9.67 Å². The molecule has 2 aromatic heterocycles. The van der Waals surface area contributed by atoms with Crippen molar-refractivity contribution in [1.82, 2.24) is 19.7 Å². The van der Waals surface area contributed by atoms with Crippen LogP contribution in [0, 0.1) is 0 Å². The van der Waals surface area contributed by atoms with E-state index in [1.165, 1.54) is 6.33 Å². The first kappa shape index (κ1) is 13.8. The monoisotopic (exact) mass is 288 g/mol. The fourth-order valence-electron chi connectivity index (χ4n) is 2.50. The second-order valence-electron chi connectivity index (χ2n) is 5.32. The summed E-state index contributed by atoms with van der Waals surface area (Å²) in [6.45, 7) is 2.26. The number of hydrogen-bond donors (Lipinski definition) is 1. The molecule has 1 fully saturated rings. The summed E-state index contributed by atoms with van der Waals surface area (Å²) >= 11 is 0. The molecule has 21 heavy (non-hydrogen) atoms. The summed E-state index contributed by atoms with van der Waals surface area (Å²) in [4.78, 5) is 10.6. The third-order valence-electron chi connectivity index (χ3n) is 3.69. The van der Waals surface area contributed by atoms with E-state index >= 15 is 0 Å². The number of pyridine rings is 1. The van der Waals surface area contributed by atoms with Crippen LogP contribution in [0.1, 0.15) is 18.7 Å². The van der Waals surface area contributed by atoms with Gasteiger partial charge in [-0.25, -0.2) is 4.98 Å². The van der Waals surface area contributed by atoms with Crippen molar-refractivity contribution in [2.45, 2.75) is 25.5 Å². The molecule has 0 amide bonds. The highest BCUT2D eigenvalue weighted by molar-refractivity contribution is 5.48. The summed E-state index contributed by atoms with van der Waals surface area (Å²) in [5.74, 6) is 1.51. The zero-order valence-corrected chi connectivity index (χ0v) is 12.1. The topological polar surface area (TPSA) is 82.1 Å². The first-order valence-corrected chi connectivity index (χ1v) is 7.13. The van der Waals surface area contributed by atoms with Gasteiger partial charge in [0.2, 0.25) is 0 Å². The van der Waals surface area contributed by atoms with E-state index < -0.39 is 0 Å². The number of rotatable bonds is 4. The van der Waals surface area contributed by atoms with Crippen LogP contribution in [0.4, 0.5) is 5.69 Å². The van der Waals surface area contributed by atoms with Gasteiger partial charge < -0.3 is 15.4 Å². The van der Waals surface area contributed by atoms with Gasteiger partial charge >= 0.3 is 0 Å². The lowest BCUT2D eigenvalue weighted by atomic mass is 10.1. The van der Waals surface area contributed by atoms with Crippen molar-refractivity contribution in [1.29, 1.82) is 0 Å². The van der Waals surface area contributed by atoms with Gasteiger partial charge in [0.25, 0.3) is 0 Å². The molecule has 0 saturated carbocycles. The predicted octanol–water partition coefficient (Wildman–Crippen LogP) is 0.717. The molecule has 7 heteroatoms. The largest absolute Gasteiger partial charge is 0.484 e. The Hall–Kier alpha value is -2.15. The van der Waals surface area contributed by atoms with Gasteiger partial charge in [0, 0.05) is 32.2 Å². The van der Waals surface area contributed by atoms with Gasteiger partial charge in [-0.15, -0.1) is 0 Å². The molecule has 0 aromatic carbocycles. The molecule has 1 aliphatic heterocycles. The summed E-state index contributed by atoms with van der Waals surface area (Å²) in [5, 5.41) is 4.02. The summed E-state index contributed by atoms with van der Waals surface area (Å²) in [6, 6.07) is 2.24. The molecule has 7 nitrogen and oxygen atoms in total. The Morgan fingerprint density at radius 1 is 1.43 bits per heavy atom. The molecule has 0 radical (unpaired) electrons. The van der Waals surface area contributed by atoms with Gasteiger partial charge in [-0.2, -0.15) is 5.10 Å². The molecule has 2 aromatic rings. The summed E-state index contributed by atoms with van der Waals surface area (Å²) in [7, 11) is 1.84. The van der Waals surface area contributed by atoms with Crippen molar-refractivity contribution in [3.63, 3.8) is 0 Å². The highest BCUT2D eigenvalue weighted by Crippen LogP contribution is 2.23. The lowest BCUT2D eigenvalue weighted by Crippen LogP contribution is -2.42. The number of nitrogens with zero attached hydrogens (tertiary/aromatic N) is 5. The van der Waals surface area contributed by atoms with Gasteiger partial charge in [-0.05, 0) is 12.8 Å². The Morgan fingerprint density at radius 2 is 2.33 bits per heavy atom. The van der Waals surface area contributed by atoms with E-state index in [1.54, 1.807) is 10.9 Å². The Labute approximate surface area is 123 Å². The third-order valence-corrected chi connectivity index (χ3v) is 3.69. The molecule has 1 aliphatic rings. The lowest BCUT2D eigenvalue weighted by Gasteiger charge is -2.32. The van der Waals surface area contributed by atoms with Crippen molar-refractivity contribution in [2.75, 3.05) is 18.0 Å². The minimum absolute atomic E-state index is 0.238. The summed E-state index contributed by atoms with van der Waals surface area (Å²) in [6.07, 6.45) is 7.29. The highest BCUT2D eigenvalue weighted by atomic mass is 16.5. The molecule has 0 bridgehead atoms. The van der Waals surface area contributed by atoms with E-state index in [0.717, 1.165) is 43.2 Å². The number of nitrogens with two attached hydrogens (primary N) is 1. The van der Waals surface area contributed by atoms with Crippen molar-refractivity contribution < 1.29 is 4.74 Å². The smallest absolute Gasteiger partial charge is 0.164 e.